The first kappa shape index (κ1) is 10.9. The van der Waals surface area contributed by atoms with E-state index in [1.165, 1.54) is 11.8 Å². The van der Waals surface area contributed by atoms with Gasteiger partial charge in [0.1, 0.15) is 0 Å². The van der Waals surface area contributed by atoms with Crippen LogP contribution in [-0.4, -0.2) is 10.9 Å². The van der Waals surface area contributed by atoms with Crippen molar-refractivity contribution in [2.24, 2.45) is 0 Å². The first-order valence-corrected chi connectivity index (χ1v) is 5.41. The van der Waals surface area contributed by atoms with Crippen LogP contribution < -0.4 is 5.73 Å². The summed E-state index contributed by atoms with van der Waals surface area (Å²) < 4.78 is 0. The molecule has 0 aliphatic heterocycles. The molecule has 0 fully saturated rings. The van der Waals surface area contributed by atoms with Crippen molar-refractivity contribution in [3.8, 4) is 0 Å². The van der Waals surface area contributed by atoms with Crippen molar-refractivity contribution < 1.29 is 4.79 Å². The molecule has 2 N–H and O–H groups in total. The molecular weight excluding hydrogens is 194 g/mol. The Morgan fingerprint density at radius 1 is 1.43 bits per heavy atom. The van der Waals surface area contributed by atoms with E-state index >= 15 is 0 Å². The van der Waals surface area contributed by atoms with Crippen LogP contribution >= 0.6 is 11.8 Å². The maximum atomic E-state index is 11.1. The fraction of sp³-hybridized carbons (Fsp3) is 0.182. The molecule has 0 aliphatic carbocycles. The van der Waals surface area contributed by atoms with Crippen molar-refractivity contribution in [3.63, 3.8) is 0 Å². The second kappa shape index (κ2) is 5.50. The predicted octanol–water partition coefficient (Wildman–Crippen LogP) is 2.56. The van der Waals surface area contributed by atoms with E-state index in [4.69, 9.17) is 5.73 Å². The Hall–Kier alpha value is -1.22. The first-order chi connectivity index (χ1) is 6.72. The molecule has 0 aromatic heterocycles. The maximum Gasteiger partial charge on any atom is 0.212 e. The summed E-state index contributed by atoms with van der Waals surface area (Å²) in [6, 6.07) is 7.40. The molecule has 0 heterocycles. The summed E-state index contributed by atoms with van der Waals surface area (Å²) in [5.41, 5.74) is 7.26. The number of nitrogen functional groups attached to an aromatic ring is 1. The minimum atomic E-state index is 0.0873. The van der Waals surface area contributed by atoms with Gasteiger partial charge >= 0.3 is 0 Å². The topological polar surface area (TPSA) is 43.1 Å². The lowest BCUT2D eigenvalue weighted by molar-refractivity contribution is -0.106. The van der Waals surface area contributed by atoms with E-state index in [9.17, 15) is 4.79 Å². The Labute approximate surface area is 88.2 Å². The van der Waals surface area contributed by atoms with E-state index in [1.807, 2.05) is 31.2 Å². The number of rotatable bonds is 3. The molecule has 0 saturated carbocycles. The molecule has 74 valence electrons. The second-order valence-corrected chi connectivity index (χ2v) is 4.02. The highest BCUT2D eigenvalue weighted by Gasteiger charge is 1.93. The first-order valence-electron chi connectivity index (χ1n) is 4.42. The van der Waals surface area contributed by atoms with Gasteiger partial charge in [-0.15, -0.1) is 0 Å². The summed E-state index contributed by atoms with van der Waals surface area (Å²) in [5.74, 6) is 0.810. The fourth-order valence-corrected chi connectivity index (χ4v) is 1.41. The van der Waals surface area contributed by atoms with E-state index in [0.717, 1.165) is 17.0 Å². The Balaban J connectivity index is 2.60. The average molecular weight is 207 g/mol. The summed E-state index contributed by atoms with van der Waals surface area (Å²) in [5, 5.41) is 0.0873. The molecule has 0 radical (unpaired) electrons. The number of benzene rings is 1. The summed E-state index contributed by atoms with van der Waals surface area (Å²) >= 11 is 1.30. The molecule has 3 heteroatoms. The standard InChI is InChI=1S/C11H13NOS/c1-2-14-11(13)8-5-9-3-6-10(12)7-4-9/h3-8H,2,12H2,1H3/b8-5+. The zero-order valence-corrected chi connectivity index (χ0v) is 8.88. The molecule has 0 saturated heterocycles. The Kier molecular flexibility index (Phi) is 4.26. The van der Waals surface area contributed by atoms with Crippen molar-refractivity contribution in [1.29, 1.82) is 0 Å². The lowest BCUT2D eigenvalue weighted by Crippen LogP contribution is -1.85. The van der Waals surface area contributed by atoms with Crippen molar-refractivity contribution in [2.45, 2.75) is 6.92 Å². The van der Waals surface area contributed by atoms with Crippen molar-refractivity contribution in [2.75, 3.05) is 11.5 Å². The highest BCUT2D eigenvalue weighted by molar-refractivity contribution is 8.14. The largest absolute Gasteiger partial charge is 0.399 e. The molecule has 0 atom stereocenters. The number of anilines is 1. The minimum absolute atomic E-state index is 0.0873. The zero-order chi connectivity index (χ0) is 10.4. The Morgan fingerprint density at radius 3 is 2.64 bits per heavy atom. The number of carbonyl (C=O) groups excluding carboxylic acids is 1. The molecule has 0 amide bonds. The molecule has 1 aromatic carbocycles. The van der Waals surface area contributed by atoms with Crippen LogP contribution in [-0.2, 0) is 4.79 Å². The van der Waals surface area contributed by atoms with E-state index in [0.29, 0.717) is 0 Å². The van der Waals surface area contributed by atoms with Gasteiger partial charge in [0, 0.05) is 5.69 Å². The van der Waals surface area contributed by atoms with Crippen LogP contribution in [0, 0.1) is 0 Å². The highest BCUT2D eigenvalue weighted by atomic mass is 32.2. The third-order valence-corrected chi connectivity index (χ3v) is 2.34. The Bertz CT molecular complexity index is 330. The molecule has 0 aliphatic rings. The normalized spacial score (nSPS) is 10.6. The van der Waals surface area contributed by atoms with Gasteiger partial charge in [0.2, 0.25) is 5.12 Å². The molecule has 14 heavy (non-hydrogen) atoms. The quantitative estimate of drug-likeness (QED) is 0.612. The van der Waals surface area contributed by atoms with E-state index < -0.39 is 0 Å². The van der Waals surface area contributed by atoms with Crippen molar-refractivity contribution in [1.82, 2.24) is 0 Å². The van der Waals surface area contributed by atoms with Gasteiger partial charge in [-0.3, -0.25) is 4.79 Å². The fourth-order valence-electron chi connectivity index (χ4n) is 0.962. The van der Waals surface area contributed by atoms with Crippen molar-refractivity contribution in [3.05, 3.63) is 35.9 Å². The maximum absolute atomic E-state index is 11.1. The van der Waals surface area contributed by atoms with Gasteiger partial charge in [-0.05, 0) is 29.5 Å². The molecule has 0 unspecified atom stereocenters. The Morgan fingerprint density at radius 2 is 2.07 bits per heavy atom. The van der Waals surface area contributed by atoms with Crippen LogP contribution in [0.25, 0.3) is 6.08 Å². The molecule has 2 nitrogen and oxygen atoms in total. The third-order valence-electron chi connectivity index (χ3n) is 1.63. The van der Waals surface area contributed by atoms with E-state index in [2.05, 4.69) is 0 Å². The molecule has 1 rings (SSSR count). The van der Waals surface area contributed by atoms with Gasteiger partial charge < -0.3 is 5.73 Å². The van der Waals surface area contributed by atoms with Gasteiger partial charge in [0.25, 0.3) is 0 Å². The van der Waals surface area contributed by atoms with Crippen LogP contribution in [0.1, 0.15) is 12.5 Å². The third kappa shape index (κ3) is 3.66. The second-order valence-electron chi connectivity index (χ2n) is 2.75. The lowest BCUT2D eigenvalue weighted by atomic mass is 10.2. The van der Waals surface area contributed by atoms with Crippen LogP contribution in [0.15, 0.2) is 30.3 Å². The number of carbonyl (C=O) groups is 1. The van der Waals surface area contributed by atoms with E-state index in [1.54, 1.807) is 12.2 Å². The highest BCUT2D eigenvalue weighted by Crippen LogP contribution is 2.09. The van der Waals surface area contributed by atoms with Gasteiger partial charge in [-0.1, -0.05) is 36.9 Å². The van der Waals surface area contributed by atoms with Gasteiger partial charge in [-0.25, -0.2) is 0 Å². The van der Waals surface area contributed by atoms with Crippen LogP contribution in [0.5, 0.6) is 0 Å². The van der Waals surface area contributed by atoms with E-state index in [-0.39, 0.29) is 5.12 Å². The predicted molar refractivity (Wildman–Crippen MR) is 63.0 cm³/mol. The summed E-state index contributed by atoms with van der Waals surface area (Å²) in [7, 11) is 0. The number of hydrogen-bond acceptors (Lipinski definition) is 3. The number of nitrogens with two attached hydrogens (primary N) is 1. The lowest BCUT2D eigenvalue weighted by Gasteiger charge is -1.94. The van der Waals surface area contributed by atoms with Crippen LogP contribution in [0.4, 0.5) is 5.69 Å². The van der Waals surface area contributed by atoms with Crippen LogP contribution in [0.2, 0.25) is 0 Å². The SMILES string of the molecule is CCSC(=O)/C=C/c1ccc(N)cc1. The monoisotopic (exact) mass is 207 g/mol. The number of hydrogen-bond donors (Lipinski definition) is 1. The molecular formula is C11H13NOS. The molecule has 0 bridgehead atoms. The van der Waals surface area contributed by atoms with Gasteiger partial charge in [-0.2, -0.15) is 0 Å². The molecule has 0 spiro atoms. The number of thioether (sulfide) groups is 1. The summed E-state index contributed by atoms with van der Waals surface area (Å²) in [4.78, 5) is 11.1. The van der Waals surface area contributed by atoms with Crippen LogP contribution in [0.3, 0.4) is 0 Å². The smallest absolute Gasteiger partial charge is 0.212 e. The minimum Gasteiger partial charge on any atom is -0.399 e. The average Bonchev–Trinajstić information content (AvgIpc) is 2.17. The summed E-state index contributed by atoms with van der Waals surface area (Å²) in [6.07, 6.45) is 3.38. The van der Waals surface area contributed by atoms with Gasteiger partial charge in [0.15, 0.2) is 0 Å². The van der Waals surface area contributed by atoms with Gasteiger partial charge in [0.05, 0.1) is 0 Å². The zero-order valence-electron chi connectivity index (χ0n) is 8.07. The summed E-state index contributed by atoms with van der Waals surface area (Å²) in [6.45, 7) is 1.96. The van der Waals surface area contributed by atoms with Crippen molar-refractivity contribution >= 4 is 28.6 Å². The molecule has 1 aromatic rings.